The van der Waals surface area contributed by atoms with E-state index in [-0.39, 0.29) is 27.8 Å². The molecule has 0 saturated heterocycles. The Morgan fingerprint density at radius 3 is 2.14 bits per heavy atom. The Labute approximate surface area is 129 Å². The molecule has 110 valence electrons. The van der Waals surface area contributed by atoms with Gasteiger partial charge in [0.1, 0.15) is 0 Å². The van der Waals surface area contributed by atoms with Crippen molar-refractivity contribution in [1.82, 2.24) is 0 Å². The zero-order valence-corrected chi connectivity index (χ0v) is 11.8. The molecule has 0 saturated carbocycles. The number of fused-ring (bicyclic) bond motifs is 2. The highest BCUT2D eigenvalue weighted by Crippen LogP contribution is 2.40. The summed E-state index contributed by atoms with van der Waals surface area (Å²) in [5.74, 6) is -3.68. The van der Waals surface area contributed by atoms with E-state index in [9.17, 15) is 24.6 Å². The maximum atomic E-state index is 12.5. The second kappa shape index (κ2) is 4.96. The van der Waals surface area contributed by atoms with Crippen molar-refractivity contribution >= 4 is 29.0 Å². The van der Waals surface area contributed by atoms with Gasteiger partial charge in [-0.25, -0.2) is 0 Å². The monoisotopic (exact) mass is 316 g/mol. The van der Waals surface area contributed by atoms with Gasteiger partial charge in [-0.1, -0.05) is 24.3 Å². The van der Waals surface area contributed by atoms with Crippen molar-refractivity contribution in [3.8, 4) is 11.5 Å². The van der Waals surface area contributed by atoms with Gasteiger partial charge >= 0.3 is 0 Å². The molecule has 0 atom stereocenters. The summed E-state index contributed by atoms with van der Waals surface area (Å²) in [6.45, 7) is 0. The van der Waals surface area contributed by atoms with Crippen LogP contribution in [0.2, 0.25) is 0 Å². The van der Waals surface area contributed by atoms with E-state index in [1.807, 2.05) is 0 Å². The lowest BCUT2D eigenvalue weighted by Crippen LogP contribution is -2.22. The molecular weight excluding hydrogens is 308 g/mol. The SMILES string of the molecule is O=C(CCl)c1cc2c(c(O)c1O)C(=O)c1ccccc1C2=O. The van der Waals surface area contributed by atoms with Crippen molar-refractivity contribution in [2.75, 3.05) is 5.88 Å². The molecule has 6 heteroatoms. The van der Waals surface area contributed by atoms with Crippen LogP contribution in [0, 0.1) is 0 Å². The number of carbonyl (C=O) groups is 3. The van der Waals surface area contributed by atoms with E-state index in [1.165, 1.54) is 12.1 Å². The molecule has 1 aliphatic carbocycles. The number of hydrogen-bond donors (Lipinski definition) is 2. The number of rotatable bonds is 2. The molecule has 0 aliphatic heterocycles. The van der Waals surface area contributed by atoms with Crippen molar-refractivity contribution in [2.24, 2.45) is 0 Å². The number of alkyl halides is 1. The fourth-order valence-corrected chi connectivity index (χ4v) is 2.65. The Hall–Kier alpha value is -2.66. The largest absolute Gasteiger partial charge is 0.504 e. The average molecular weight is 317 g/mol. The van der Waals surface area contributed by atoms with E-state index in [0.717, 1.165) is 6.07 Å². The topological polar surface area (TPSA) is 91.7 Å². The smallest absolute Gasteiger partial charge is 0.198 e. The molecular formula is C16H9ClO5. The summed E-state index contributed by atoms with van der Waals surface area (Å²) < 4.78 is 0. The van der Waals surface area contributed by atoms with E-state index < -0.39 is 34.7 Å². The fourth-order valence-electron chi connectivity index (χ4n) is 2.51. The Morgan fingerprint density at radius 1 is 0.955 bits per heavy atom. The second-order valence-corrected chi connectivity index (χ2v) is 5.07. The van der Waals surface area contributed by atoms with Gasteiger partial charge in [0.25, 0.3) is 0 Å². The zero-order chi connectivity index (χ0) is 16.0. The highest BCUT2D eigenvalue weighted by Gasteiger charge is 2.34. The first-order chi connectivity index (χ1) is 10.5. The molecule has 22 heavy (non-hydrogen) atoms. The molecule has 0 bridgehead atoms. The number of aromatic hydroxyl groups is 2. The summed E-state index contributed by atoms with van der Waals surface area (Å²) in [6.07, 6.45) is 0. The molecule has 0 radical (unpaired) electrons. The van der Waals surface area contributed by atoms with Gasteiger partial charge in [-0.3, -0.25) is 14.4 Å². The van der Waals surface area contributed by atoms with Gasteiger partial charge < -0.3 is 10.2 Å². The van der Waals surface area contributed by atoms with Gasteiger partial charge in [0.05, 0.1) is 17.0 Å². The van der Waals surface area contributed by atoms with Crippen LogP contribution < -0.4 is 0 Å². The van der Waals surface area contributed by atoms with E-state index in [1.54, 1.807) is 12.1 Å². The van der Waals surface area contributed by atoms with Crippen molar-refractivity contribution in [3.05, 3.63) is 58.1 Å². The van der Waals surface area contributed by atoms with Crippen LogP contribution in [0.3, 0.4) is 0 Å². The predicted octanol–water partition coefficient (Wildman–Crippen LogP) is 2.29. The first-order valence-electron chi connectivity index (χ1n) is 6.34. The lowest BCUT2D eigenvalue weighted by atomic mass is 9.82. The van der Waals surface area contributed by atoms with Crippen molar-refractivity contribution in [1.29, 1.82) is 0 Å². The minimum atomic E-state index is -0.779. The van der Waals surface area contributed by atoms with Crippen LogP contribution in [0.15, 0.2) is 30.3 Å². The average Bonchev–Trinajstić information content (AvgIpc) is 2.54. The highest BCUT2D eigenvalue weighted by molar-refractivity contribution is 6.33. The number of Topliss-reactive ketones (excluding diaryl/α,β-unsaturated/α-hetero) is 1. The normalized spacial score (nSPS) is 12.8. The maximum absolute atomic E-state index is 12.5. The number of phenolic OH excluding ortho intramolecular Hbond substituents is 2. The lowest BCUT2D eigenvalue weighted by molar-refractivity contribution is 0.0974. The summed E-state index contributed by atoms with van der Waals surface area (Å²) in [6, 6.07) is 7.26. The van der Waals surface area contributed by atoms with E-state index >= 15 is 0 Å². The first kappa shape index (κ1) is 14.3. The van der Waals surface area contributed by atoms with Gasteiger partial charge in [0, 0.05) is 16.7 Å². The third kappa shape index (κ3) is 1.83. The molecule has 5 nitrogen and oxygen atoms in total. The van der Waals surface area contributed by atoms with Gasteiger partial charge in [0.2, 0.25) is 0 Å². The van der Waals surface area contributed by atoms with E-state index in [2.05, 4.69) is 0 Å². The Bertz CT molecular complexity index is 854. The molecule has 2 aromatic carbocycles. The summed E-state index contributed by atoms with van der Waals surface area (Å²) in [5, 5.41) is 20.0. The lowest BCUT2D eigenvalue weighted by Gasteiger charge is -2.19. The second-order valence-electron chi connectivity index (χ2n) is 4.80. The summed E-state index contributed by atoms with van der Waals surface area (Å²) in [5.41, 5.74) is -0.368. The third-order valence-electron chi connectivity index (χ3n) is 3.58. The van der Waals surface area contributed by atoms with Crippen molar-refractivity contribution in [3.63, 3.8) is 0 Å². The minimum Gasteiger partial charge on any atom is -0.504 e. The molecule has 0 unspecified atom stereocenters. The van der Waals surface area contributed by atoms with Gasteiger partial charge in [-0.05, 0) is 6.07 Å². The van der Waals surface area contributed by atoms with Crippen molar-refractivity contribution in [2.45, 2.75) is 0 Å². The highest BCUT2D eigenvalue weighted by atomic mass is 35.5. The number of phenols is 2. The summed E-state index contributed by atoms with van der Waals surface area (Å²) in [7, 11) is 0. The van der Waals surface area contributed by atoms with Gasteiger partial charge in [-0.15, -0.1) is 11.6 Å². The van der Waals surface area contributed by atoms with Crippen LogP contribution >= 0.6 is 11.6 Å². The third-order valence-corrected chi connectivity index (χ3v) is 3.83. The Morgan fingerprint density at radius 2 is 1.55 bits per heavy atom. The van der Waals surface area contributed by atoms with Crippen LogP contribution in [-0.2, 0) is 0 Å². The first-order valence-corrected chi connectivity index (χ1v) is 6.87. The van der Waals surface area contributed by atoms with E-state index in [4.69, 9.17) is 11.6 Å². The molecule has 0 fully saturated rings. The van der Waals surface area contributed by atoms with Crippen LogP contribution in [0.5, 0.6) is 11.5 Å². The zero-order valence-electron chi connectivity index (χ0n) is 11.1. The molecule has 1 aliphatic rings. The van der Waals surface area contributed by atoms with Crippen LogP contribution in [0.4, 0.5) is 0 Å². The van der Waals surface area contributed by atoms with Crippen LogP contribution in [0.25, 0.3) is 0 Å². The summed E-state index contributed by atoms with van der Waals surface area (Å²) >= 11 is 5.45. The van der Waals surface area contributed by atoms with Crippen LogP contribution in [-0.4, -0.2) is 33.4 Å². The molecule has 3 rings (SSSR count). The summed E-state index contributed by atoms with van der Waals surface area (Å²) in [4.78, 5) is 36.6. The van der Waals surface area contributed by atoms with Crippen LogP contribution in [0.1, 0.15) is 42.2 Å². The van der Waals surface area contributed by atoms with E-state index in [0.29, 0.717) is 0 Å². The molecule has 0 heterocycles. The van der Waals surface area contributed by atoms with Gasteiger partial charge in [0.15, 0.2) is 28.8 Å². The number of hydrogen-bond acceptors (Lipinski definition) is 5. The fraction of sp³-hybridized carbons (Fsp3) is 0.0625. The molecule has 2 aromatic rings. The molecule has 0 spiro atoms. The Kier molecular flexibility index (Phi) is 3.22. The molecule has 0 amide bonds. The minimum absolute atomic E-state index is 0.118. The molecule has 2 N–H and O–H groups in total. The Balaban J connectivity index is 2.34. The standard InChI is InChI=1S/C16H9ClO5/c17-6-11(18)9-5-10-12(16(22)15(9)21)14(20)8-4-2-1-3-7(8)13(10)19/h1-5,21-22H,6H2. The van der Waals surface area contributed by atoms with Gasteiger partial charge in [-0.2, -0.15) is 0 Å². The molecule has 0 aromatic heterocycles. The number of halogens is 1. The van der Waals surface area contributed by atoms with Crippen molar-refractivity contribution < 1.29 is 24.6 Å². The number of ketones is 3. The predicted molar refractivity (Wildman–Crippen MR) is 78.1 cm³/mol. The number of benzene rings is 2. The number of carbonyl (C=O) groups excluding carboxylic acids is 3. The quantitative estimate of drug-likeness (QED) is 0.430. The maximum Gasteiger partial charge on any atom is 0.198 e.